The van der Waals surface area contributed by atoms with Crippen molar-refractivity contribution in [3.05, 3.63) is 0 Å². The number of likely N-dealkylation sites (tertiary alicyclic amines) is 1. The molecule has 6 nitrogen and oxygen atoms in total. The normalized spacial score (nSPS) is 22.6. The van der Waals surface area contributed by atoms with Gasteiger partial charge in [0, 0.05) is 13.1 Å². The highest BCUT2D eigenvalue weighted by Gasteiger charge is 2.24. The lowest BCUT2D eigenvalue weighted by molar-refractivity contribution is -0.131. The first kappa shape index (κ1) is 14.1. The number of nitrogens with two attached hydrogens (primary N) is 1. The minimum atomic E-state index is -0.283. The number of hydrogen-bond donors (Lipinski definition) is 3. The number of nitrogens with one attached hydrogen (secondary N) is 2. The quantitative estimate of drug-likeness (QED) is 0.298. The van der Waals surface area contributed by atoms with E-state index in [1.807, 2.05) is 11.8 Å². The second kappa shape index (κ2) is 6.75. The molecule has 0 radical (unpaired) electrons. The van der Waals surface area contributed by atoms with Gasteiger partial charge >= 0.3 is 0 Å². The molecule has 1 atom stereocenters. The van der Waals surface area contributed by atoms with E-state index in [1.165, 1.54) is 12.8 Å². The largest absolute Gasteiger partial charge is 0.344 e. The first-order valence-corrected chi connectivity index (χ1v) is 7.30. The number of rotatable bonds is 3. The van der Waals surface area contributed by atoms with Gasteiger partial charge in [0.2, 0.25) is 11.9 Å². The third kappa shape index (κ3) is 3.83. The summed E-state index contributed by atoms with van der Waals surface area (Å²) in [5.41, 5.74) is 2.57. The average molecular weight is 267 g/mol. The number of aliphatic imine (C=N–C) groups is 1. The molecule has 1 amide bonds. The first-order valence-electron chi connectivity index (χ1n) is 7.30. The molecule has 1 aliphatic heterocycles. The molecular weight excluding hydrogens is 242 g/mol. The topological polar surface area (TPSA) is 82.7 Å². The van der Waals surface area contributed by atoms with Gasteiger partial charge in [-0.15, -0.1) is 0 Å². The van der Waals surface area contributed by atoms with Crippen molar-refractivity contribution in [2.45, 2.75) is 57.5 Å². The molecule has 1 unspecified atom stereocenters. The SMILES string of the molecule is CC(NC(=NC1CCCC1)NN)C(=O)N1CCCC1. The standard InChI is InChI=1S/C13H25N5O/c1-10(12(19)18-8-4-5-9-18)15-13(17-14)16-11-6-2-3-7-11/h10-11H,2-9,14H2,1H3,(H2,15,16,17). The maximum absolute atomic E-state index is 12.2. The molecular formula is C13H25N5O. The minimum Gasteiger partial charge on any atom is -0.344 e. The molecule has 0 spiro atoms. The molecule has 1 heterocycles. The molecule has 2 aliphatic rings. The number of guanidine groups is 1. The molecule has 0 bridgehead atoms. The zero-order valence-corrected chi connectivity index (χ0v) is 11.7. The van der Waals surface area contributed by atoms with Crippen LogP contribution in [0.3, 0.4) is 0 Å². The van der Waals surface area contributed by atoms with Crippen LogP contribution in [0.15, 0.2) is 4.99 Å². The van der Waals surface area contributed by atoms with Crippen LogP contribution in [0.1, 0.15) is 45.4 Å². The van der Waals surface area contributed by atoms with Crippen LogP contribution in [-0.2, 0) is 4.79 Å². The van der Waals surface area contributed by atoms with Gasteiger partial charge in [0.05, 0.1) is 6.04 Å². The summed E-state index contributed by atoms with van der Waals surface area (Å²) in [6.45, 7) is 3.61. The lowest BCUT2D eigenvalue weighted by atomic mass is 10.2. The summed E-state index contributed by atoms with van der Waals surface area (Å²) in [6.07, 6.45) is 6.90. The summed E-state index contributed by atoms with van der Waals surface area (Å²) in [7, 11) is 0. The van der Waals surface area contributed by atoms with Gasteiger partial charge in [-0.1, -0.05) is 12.8 Å². The van der Waals surface area contributed by atoms with Crippen LogP contribution in [-0.4, -0.2) is 41.9 Å². The molecule has 6 heteroatoms. The molecule has 108 valence electrons. The first-order chi connectivity index (χ1) is 9.20. The predicted molar refractivity (Wildman–Crippen MR) is 75.4 cm³/mol. The van der Waals surface area contributed by atoms with Crippen LogP contribution >= 0.6 is 0 Å². The summed E-state index contributed by atoms with van der Waals surface area (Å²) in [5.74, 6) is 6.15. The van der Waals surface area contributed by atoms with E-state index >= 15 is 0 Å². The molecule has 4 N–H and O–H groups in total. The fourth-order valence-corrected chi connectivity index (χ4v) is 2.81. The minimum absolute atomic E-state index is 0.131. The maximum atomic E-state index is 12.2. The molecule has 1 saturated carbocycles. The summed E-state index contributed by atoms with van der Waals surface area (Å²) < 4.78 is 0. The molecule has 0 aromatic heterocycles. The van der Waals surface area contributed by atoms with Gasteiger partial charge in [0.25, 0.3) is 0 Å². The van der Waals surface area contributed by atoms with Crippen LogP contribution in [0.5, 0.6) is 0 Å². The second-order valence-electron chi connectivity index (χ2n) is 5.46. The van der Waals surface area contributed by atoms with Gasteiger partial charge in [0.1, 0.15) is 6.04 Å². The van der Waals surface area contributed by atoms with Crippen LogP contribution in [0.2, 0.25) is 0 Å². The molecule has 19 heavy (non-hydrogen) atoms. The molecule has 1 saturated heterocycles. The van der Waals surface area contributed by atoms with E-state index in [0.29, 0.717) is 12.0 Å². The molecule has 2 fully saturated rings. The van der Waals surface area contributed by atoms with Crippen molar-refractivity contribution >= 4 is 11.9 Å². The molecule has 1 aliphatic carbocycles. The van der Waals surface area contributed by atoms with Crippen LogP contribution in [0.25, 0.3) is 0 Å². The number of amides is 1. The van der Waals surface area contributed by atoms with E-state index in [4.69, 9.17) is 5.84 Å². The Hall–Kier alpha value is -1.30. The Morgan fingerprint density at radius 3 is 2.47 bits per heavy atom. The number of carbonyl (C=O) groups is 1. The summed E-state index contributed by atoms with van der Waals surface area (Å²) in [6, 6.07) is 0.0574. The lowest BCUT2D eigenvalue weighted by Gasteiger charge is -2.22. The van der Waals surface area contributed by atoms with Gasteiger partial charge in [-0.05, 0) is 32.6 Å². The Morgan fingerprint density at radius 2 is 1.89 bits per heavy atom. The van der Waals surface area contributed by atoms with E-state index in [-0.39, 0.29) is 11.9 Å². The smallest absolute Gasteiger partial charge is 0.244 e. The van der Waals surface area contributed by atoms with Gasteiger partial charge < -0.3 is 10.2 Å². The lowest BCUT2D eigenvalue weighted by Crippen LogP contribution is -2.51. The summed E-state index contributed by atoms with van der Waals surface area (Å²) >= 11 is 0. The van der Waals surface area contributed by atoms with Crippen molar-refractivity contribution in [3.63, 3.8) is 0 Å². The monoisotopic (exact) mass is 267 g/mol. The predicted octanol–water partition coefficient (Wildman–Crippen LogP) is 0.349. The highest BCUT2D eigenvalue weighted by Crippen LogP contribution is 2.20. The van der Waals surface area contributed by atoms with E-state index in [9.17, 15) is 4.79 Å². The van der Waals surface area contributed by atoms with Gasteiger partial charge in [-0.25, -0.2) is 10.8 Å². The fraction of sp³-hybridized carbons (Fsp3) is 0.846. The van der Waals surface area contributed by atoms with Crippen LogP contribution in [0.4, 0.5) is 0 Å². The highest BCUT2D eigenvalue weighted by molar-refractivity contribution is 5.88. The van der Waals surface area contributed by atoms with Crippen molar-refractivity contribution in [3.8, 4) is 0 Å². The Balaban J connectivity index is 1.87. The van der Waals surface area contributed by atoms with E-state index in [0.717, 1.165) is 38.8 Å². The van der Waals surface area contributed by atoms with Gasteiger partial charge in [0.15, 0.2) is 0 Å². The Morgan fingerprint density at radius 1 is 1.26 bits per heavy atom. The van der Waals surface area contributed by atoms with Crippen molar-refractivity contribution < 1.29 is 4.79 Å². The van der Waals surface area contributed by atoms with Crippen molar-refractivity contribution in [1.29, 1.82) is 0 Å². The third-order valence-electron chi connectivity index (χ3n) is 3.91. The van der Waals surface area contributed by atoms with Gasteiger partial charge in [-0.3, -0.25) is 10.2 Å². The van der Waals surface area contributed by atoms with Crippen molar-refractivity contribution in [2.24, 2.45) is 10.8 Å². The molecule has 2 rings (SSSR count). The van der Waals surface area contributed by atoms with Crippen LogP contribution < -0.4 is 16.6 Å². The molecule has 0 aromatic rings. The Bertz CT molecular complexity index is 332. The average Bonchev–Trinajstić information content (AvgIpc) is 3.09. The molecule has 0 aromatic carbocycles. The summed E-state index contributed by atoms with van der Waals surface area (Å²) in [5, 5.41) is 3.09. The highest BCUT2D eigenvalue weighted by atomic mass is 16.2. The number of hydrogen-bond acceptors (Lipinski definition) is 3. The van der Waals surface area contributed by atoms with Crippen LogP contribution in [0, 0.1) is 0 Å². The van der Waals surface area contributed by atoms with Crippen molar-refractivity contribution in [2.75, 3.05) is 13.1 Å². The number of nitrogens with zero attached hydrogens (tertiary/aromatic N) is 2. The number of carbonyl (C=O) groups excluding carboxylic acids is 1. The van der Waals surface area contributed by atoms with E-state index in [2.05, 4.69) is 15.7 Å². The number of hydrazine groups is 1. The summed E-state index contributed by atoms with van der Waals surface area (Å²) in [4.78, 5) is 18.6. The van der Waals surface area contributed by atoms with Crippen molar-refractivity contribution in [1.82, 2.24) is 15.6 Å². The van der Waals surface area contributed by atoms with Gasteiger partial charge in [-0.2, -0.15) is 0 Å². The maximum Gasteiger partial charge on any atom is 0.244 e. The third-order valence-corrected chi connectivity index (χ3v) is 3.91. The fourth-order valence-electron chi connectivity index (χ4n) is 2.81. The van der Waals surface area contributed by atoms with E-state index in [1.54, 1.807) is 0 Å². The zero-order chi connectivity index (χ0) is 13.7. The van der Waals surface area contributed by atoms with E-state index < -0.39 is 0 Å². The second-order valence-corrected chi connectivity index (χ2v) is 5.46. The zero-order valence-electron chi connectivity index (χ0n) is 11.7. The Kier molecular flexibility index (Phi) is 5.01. The Labute approximate surface area is 114 Å².